The van der Waals surface area contributed by atoms with E-state index in [0.29, 0.717) is 17.2 Å². The normalized spacial score (nSPS) is 10.1. The predicted octanol–water partition coefficient (Wildman–Crippen LogP) is 4.29. The van der Waals surface area contributed by atoms with Crippen LogP contribution in [0, 0.1) is 6.92 Å². The lowest BCUT2D eigenvalue weighted by Crippen LogP contribution is -2.18. The summed E-state index contributed by atoms with van der Waals surface area (Å²) in [5, 5.41) is 5.24. The highest BCUT2D eigenvalue weighted by Crippen LogP contribution is 2.26. The first-order valence-corrected chi connectivity index (χ1v) is 8.99. The van der Waals surface area contributed by atoms with Gasteiger partial charge in [-0.25, -0.2) is 4.79 Å². The number of amides is 2. The summed E-state index contributed by atoms with van der Waals surface area (Å²) < 4.78 is 11.0. The Kier molecular flexibility index (Phi) is 6.42. The summed E-state index contributed by atoms with van der Waals surface area (Å²) in [5.41, 5.74) is 2.61. The zero-order valence-electron chi connectivity index (χ0n) is 16.1. The van der Waals surface area contributed by atoms with Gasteiger partial charge in [0.1, 0.15) is 23.8 Å². The quantitative estimate of drug-likeness (QED) is 0.654. The third kappa shape index (κ3) is 5.55. The number of benzene rings is 2. The Bertz CT molecular complexity index is 1010. The van der Waals surface area contributed by atoms with Crippen LogP contribution in [0.4, 0.5) is 10.5 Å². The average molecular weight is 391 g/mol. The van der Waals surface area contributed by atoms with Crippen LogP contribution in [-0.2, 0) is 11.3 Å². The van der Waals surface area contributed by atoms with Crippen molar-refractivity contribution in [3.8, 4) is 11.5 Å². The van der Waals surface area contributed by atoms with Crippen LogP contribution in [-0.4, -0.2) is 24.0 Å². The van der Waals surface area contributed by atoms with Crippen LogP contribution in [0.2, 0.25) is 0 Å². The minimum absolute atomic E-state index is 0.197. The number of carbonyl (C=O) groups excluding carboxylic acids is 2. The molecule has 0 radical (unpaired) electrons. The maximum Gasteiger partial charge on any atom is 0.411 e. The Morgan fingerprint density at radius 3 is 2.48 bits per heavy atom. The van der Waals surface area contributed by atoms with E-state index in [1.165, 1.54) is 13.2 Å². The molecule has 148 valence electrons. The Balaban J connectivity index is 1.61. The van der Waals surface area contributed by atoms with Crippen molar-refractivity contribution in [2.24, 2.45) is 0 Å². The summed E-state index contributed by atoms with van der Waals surface area (Å²) in [6.45, 7) is 2.05. The number of carbonyl (C=O) groups is 2. The third-order valence-electron chi connectivity index (χ3n) is 4.07. The molecule has 0 atom stereocenters. The number of hydrogen-bond acceptors (Lipinski definition) is 5. The molecule has 0 aliphatic rings. The molecule has 1 aromatic heterocycles. The van der Waals surface area contributed by atoms with E-state index in [1.807, 2.05) is 37.3 Å². The molecule has 0 aliphatic heterocycles. The van der Waals surface area contributed by atoms with Crippen molar-refractivity contribution in [1.82, 2.24) is 10.3 Å². The van der Waals surface area contributed by atoms with Gasteiger partial charge in [-0.3, -0.25) is 15.1 Å². The zero-order chi connectivity index (χ0) is 20.6. The molecule has 29 heavy (non-hydrogen) atoms. The molecule has 0 saturated carbocycles. The number of aryl methyl sites for hydroxylation is 1. The standard InChI is InChI=1S/C22H21N3O4/c1-15-12-17(29-18-10-11-24-20(13-18)21(26)23-2)8-9-19(15)25-22(27)28-14-16-6-4-3-5-7-16/h3-13H,14H2,1-2H3,(H,23,26)(H,25,27). The molecular formula is C22H21N3O4. The third-order valence-corrected chi connectivity index (χ3v) is 4.07. The van der Waals surface area contributed by atoms with Crippen LogP contribution in [0.15, 0.2) is 66.9 Å². The molecular weight excluding hydrogens is 370 g/mol. The second kappa shape index (κ2) is 9.36. The number of pyridine rings is 1. The second-order valence-corrected chi connectivity index (χ2v) is 6.22. The highest BCUT2D eigenvalue weighted by atomic mass is 16.5. The van der Waals surface area contributed by atoms with Crippen LogP contribution in [0.5, 0.6) is 11.5 Å². The number of ether oxygens (including phenoxy) is 2. The first-order chi connectivity index (χ1) is 14.0. The van der Waals surface area contributed by atoms with Gasteiger partial charge in [-0.05, 0) is 42.3 Å². The second-order valence-electron chi connectivity index (χ2n) is 6.22. The highest BCUT2D eigenvalue weighted by Gasteiger charge is 2.09. The van der Waals surface area contributed by atoms with E-state index >= 15 is 0 Å². The van der Waals surface area contributed by atoms with Crippen LogP contribution in [0.1, 0.15) is 21.6 Å². The van der Waals surface area contributed by atoms with Gasteiger partial charge in [-0.1, -0.05) is 30.3 Å². The summed E-state index contributed by atoms with van der Waals surface area (Å²) in [7, 11) is 1.54. The van der Waals surface area contributed by atoms with Gasteiger partial charge < -0.3 is 14.8 Å². The summed E-state index contributed by atoms with van der Waals surface area (Å²) in [6, 6.07) is 17.9. The van der Waals surface area contributed by atoms with Crippen molar-refractivity contribution in [2.45, 2.75) is 13.5 Å². The molecule has 2 aromatic carbocycles. The van der Waals surface area contributed by atoms with E-state index in [4.69, 9.17) is 9.47 Å². The van der Waals surface area contributed by atoms with Gasteiger partial charge >= 0.3 is 6.09 Å². The molecule has 2 N–H and O–H groups in total. The summed E-state index contributed by atoms with van der Waals surface area (Å²) in [5.74, 6) is 0.765. The summed E-state index contributed by atoms with van der Waals surface area (Å²) in [6.07, 6.45) is 0.973. The fourth-order valence-corrected chi connectivity index (χ4v) is 2.57. The Morgan fingerprint density at radius 2 is 1.76 bits per heavy atom. The summed E-state index contributed by atoms with van der Waals surface area (Å²) >= 11 is 0. The van der Waals surface area contributed by atoms with E-state index in [2.05, 4.69) is 15.6 Å². The molecule has 0 unspecified atom stereocenters. The lowest BCUT2D eigenvalue weighted by molar-refractivity contribution is 0.0957. The molecule has 2 amide bonds. The van der Waals surface area contributed by atoms with Gasteiger partial charge in [0.05, 0.1) is 0 Å². The number of nitrogens with zero attached hydrogens (tertiary/aromatic N) is 1. The van der Waals surface area contributed by atoms with Crippen molar-refractivity contribution < 1.29 is 19.1 Å². The van der Waals surface area contributed by atoms with E-state index in [9.17, 15) is 9.59 Å². The zero-order valence-corrected chi connectivity index (χ0v) is 16.1. The van der Waals surface area contributed by atoms with Crippen molar-refractivity contribution in [3.63, 3.8) is 0 Å². The van der Waals surface area contributed by atoms with Gasteiger partial charge in [0.2, 0.25) is 0 Å². The monoisotopic (exact) mass is 391 g/mol. The van der Waals surface area contributed by atoms with Crippen LogP contribution in [0.3, 0.4) is 0 Å². The molecule has 3 aromatic rings. The Hall–Kier alpha value is -3.87. The first kappa shape index (κ1) is 19.9. The predicted molar refractivity (Wildman–Crippen MR) is 109 cm³/mol. The maximum atomic E-state index is 12.0. The minimum atomic E-state index is -0.532. The fourth-order valence-electron chi connectivity index (χ4n) is 2.57. The summed E-state index contributed by atoms with van der Waals surface area (Å²) in [4.78, 5) is 27.7. The van der Waals surface area contributed by atoms with Gasteiger partial charge in [-0.2, -0.15) is 0 Å². The van der Waals surface area contributed by atoms with Crippen LogP contribution < -0.4 is 15.4 Å². The Morgan fingerprint density at radius 1 is 1.00 bits per heavy atom. The SMILES string of the molecule is CNC(=O)c1cc(Oc2ccc(NC(=O)OCc3ccccc3)c(C)c2)ccn1. The van der Waals surface area contributed by atoms with E-state index in [1.54, 1.807) is 30.3 Å². The minimum Gasteiger partial charge on any atom is -0.457 e. The molecule has 0 fully saturated rings. The molecule has 0 bridgehead atoms. The molecule has 7 nitrogen and oxygen atoms in total. The van der Waals surface area contributed by atoms with Crippen molar-refractivity contribution in [2.75, 3.05) is 12.4 Å². The first-order valence-electron chi connectivity index (χ1n) is 8.99. The highest BCUT2D eigenvalue weighted by molar-refractivity contribution is 5.92. The number of rotatable bonds is 6. The lowest BCUT2D eigenvalue weighted by Gasteiger charge is -2.12. The number of anilines is 1. The fraction of sp³-hybridized carbons (Fsp3) is 0.136. The van der Waals surface area contributed by atoms with Gasteiger partial charge in [-0.15, -0.1) is 0 Å². The average Bonchev–Trinajstić information content (AvgIpc) is 2.74. The Labute approximate surface area is 168 Å². The lowest BCUT2D eigenvalue weighted by atomic mass is 10.2. The van der Waals surface area contributed by atoms with Crippen molar-refractivity contribution in [1.29, 1.82) is 0 Å². The van der Waals surface area contributed by atoms with Gasteiger partial charge in [0.25, 0.3) is 5.91 Å². The van der Waals surface area contributed by atoms with Crippen molar-refractivity contribution >= 4 is 17.7 Å². The molecule has 0 spiro atoms. The largest absolute Gasteiger partial charge is 0.457 e. The van der Waals surface area contributed by atoms with Crippen molar-refractivity contribution in [3.05, 3.63) is 83.7 Å². The molecule has 3 rings (SSSR count). The number of aromatic nitrogens is 1. The number of nitrogens with one attached hydrogen (secondary N) is 2. The van der Waals surface area contributed by atoms with Gasteiger partial charge in [0.15, 0.2) is 0 Å². The molecule has 0 aliphatic carbocycles. The molecule has 7 heteroatoms. The van der Waals surface area contributed by atoms with E-state index in [-0.39, 0.29) is 18.2 Å². The smallest absolute Gasteiger partial charge is 0.411 e. The van der Waals surface area contributed by atoms with E-state index < -0.39 is 6.09 Å². The molecule has 1 heterocycles. The van der Waals surface area contributed by atoms with Crippen LogP contribution >= 0.6 is 0 Å². The topological polar surface area (TPSA) is 89.6 Å². The van der Waals surface area contributed by atoms with Gasteiger partial charge in [0, 0.05) is 25.0 Å². The van der Waals surface area contributed by atoms with E-state index in [0.717, 1.165) is 11.1 Å². The van der Waals surface area contributed by atoms with Crippen LogP contribution in [0.25, 0.3) is 0 Å². The molecule has 0 saturated heterocycles. The maximum absolute atomic E-state index is 12.0. The number of hydrogen-bond donors (Lipinski definition) is 2.